The highest BCUT2D eigenvalue weighted by molar-refractivity contribution is 5.83. The largest absolute Gasteiger partial charge is 0.348 e. The molecule has 0 saturated carbocycles. The normalized spacial score (nSPS) is 12.0. The molecular formula is C18H22N2O. The Bertz CT molecular complexity index is 621. The zero-order chi connectivity index (χ0) is 15.1. The number of nitrogens with one attached hydrogen (secondary N) is 1. The first-order valence-corrected chi connectivity index (χ1v) is 7.33. The van der Waals surface area contributed by atoms with E-state index in [2.05, 4.69) is 36.2 Å². The van der Waals surface area contributed by atoms with Crippen LogP contribution in [0, 0.1) is 0 Å². The van der Waals surface area contributed by atoms with E-state index >= 15 is 0 Å². The summed E-state index contributed by atoms with van der Waals surface area (Å²) in [6, 6.07) is 14.2. The second-order valence-corrected chi connectivity index (χ2v) is 5.14. The van der Waals surface area contributed by atoms with Crippen LogP contribution in [-0.2, 0) is 4.79 Å². The van der Waals surface area contributed by atoms with Gasteiger partial charge in [0.2, 0.25) is 5.91 Å². The highest BCUT2D eigenvalue weighted by atomic mass is 16.1. The van der Waals surface area contributed by atoms with Crippen LogP contribution in [0.1, 0.15) is 30.9 Å². The van der Waals surface area contributed by atoms with Crippen LogP contribution < -0.4 is 11.1 Å². The molecule has 0 spiro atoms. The molecule has 0 aliphatic rings. The zero-order valence-corrected chi connectivity index (χ0v) is 12.2. The van der Waals surface area contributed by atoms with Crippen molar-refractivity contribution < 1.29 is 4.79 Å². The molecule has 3 N–H and O–H groups in total. The number of hydrogen-bond donors (Lipinski definition) is 2. The average molecular weight is 282 g/mol. The van der Waals surface area contributed by atoms with Crippen LogP contribution >= 0.6 is 0 Å². The van der Waals surface area contributed by atoms with Gasteiger partial charge in [-0.3, -0.25) is 4.79 Å². The number of benzene rings is 2. The van der Waals surface area contributed by atoms with Gasteiger partial charge in [0.05, 0.1) is 6.04 Å². The van der Waals surface area contributed by atoms with Gasteiger partial charge in [0.1, 0.15) is 0 Å². The first kappa shape index (κ1) is 15.3. The Morgan fingerprint density at radius 3 is 2.71 bits per heavy atom. The summed E-state index contributed by atoms with van der Waals surface area (Å²) < 4.78 is 0. The molecule has 0 heterocycles. The molecular weight excluding hydrogens is 260 g/mol. The van der Waals surface area contributed by atoms with Crippen molar-refractivity contribution >= 4 is 16.7 Å². The van der Waals surface area contributed by atoms with Gasteiger partial charge in [0.25, 0.3) is 0 Å². The summed E-state index contributed by atoms with van der Waals surface area (Å²) >= 11 is 0. The van der Waals surface area contributed by atoms with E-state index in [0.29, 0.717) is 13.0 Å². The van der Waals surface area contributed by atoms with Crippen LogP contribution in [0.4, 0.5) is 0 Å². The second kappa shape index (κ2) is 7.60. The molecule has 2 aromatic rings. The second-order valence-electron chi connectivity index (χ2n) is 5.14. The standard InChI is InChI=1S/C18H22N2O/c1-2-3-4-9-18(21)20-17(13-19)16-11-10-14-7-5-6-8-15(14)12-16/h2,5-8,10-12,17H,1,3-4,9,13,19H2,(H,20,21). The molecule has 3 nitrogen and oxygen atoms in total. The number of unbranched alkanes of at least 4 members (excludes halogenated alkanes) is 1. The van der Waals surface area contributed by atoms with Gasteiger partial charge >= 0.3 is 0 Å². The van der Waals surface area contributed by atoms with Crippen LogP contribution in [0.25, 0.3) is 10.8 Å². The van der Waals surface area contributed by atoms with Crippen molar-refractivity contribution in [2.24, 2.45) is 5.73 Å². The van der Waals surface area contributed by atoms with E-state index in [0.717, 1.165) is 23.8 Å². The third-order valence-electron chi connectivity index (χ3n) is 3.56. The van der Waals surface area contributed by atoms with Gasteiger partial charge in [-0.15, -0.1) is 6.58 Å². The Labute approximate surface area is 125 Å². The zero-order valence-electron chi connectivity index (χ0n) is 12.2. The summed E-state index contributed by atoms with van der Waals surface area (Å²) in [5.74, 6) is 0.0421. The summed E-state index contributed by atoms with van der Waals surface area (Å²) in [7, 11) is 0. The van der Waals surface area contributed by atoms with Crippen molar-refractivity contribution in [1.82, 2.24) is 5.32 Å². The first-order valence-electron chi connectivity index (χ1n) is 7.33. The van der Waals surface area contributed by atoms with Crippen LogP contribution in [0.5, 0.6) is 0 Å². The molecule has 0 aromatic heterocycles. The maximum Gasteiger partial charge on any atom is 0.220 e. The molecule has 1 amide bonds. The van der Waals surface area contributed by atoms with Crippen LogP contribution in [0.15, 0.2) is 55.1 Å². The van der Waals surface area contributed by atoms with Gasteiger partial charge in [-0.25, -0.2) is 0 Å². The van der Waals surface area contributed by atoms with Gasteiger partial charge < -0.3 is 11.1 Å². The molecule has 0 saturated heterocycles. The first-order chi connectivity index (χ1) is 10.2. The molecule has 0 bridgehead atoms. The SMILES string of the molecule is C=CCCCC(=O)NC(CN)c1ccc2ccccc2c1. The molecule has 110 valence electrons. The summed E-state index contributed by atoms with van der Waals surface area (Å²) in [5.41, 5.74) is 6.87. The predicted octanol–water partition coefficient (Wildman–Crippen LogP) is 3.31. The third kappa shape index (κ3) is 4.17. The number of hydrogen-bond acceptors (Lipinski definition) is 2. The highest BCUT2D eigenvalue weighted by Crippen LogP contribution is 2.20. The number of allylic oxidation sites excluding steroid dienone is 1. The van der Waals surface area contributed by atoms with E-state index in [1.54, 1.807) is 0 Å². The van der Waals surface area contributed by atoms with Crippen molar-refractivity contribution in [3.05, 3.63) is 60.7 Å². The van der Waals surface area contributed by atoms with E-state index in [9.17, 15) is 4.79 Å². The summed E-state index contributed by atoms with van der Waals surface area (Å²) in [4.78, 5) is 11.9. The number of rotatable bonds is 7. The lowest BCUT2D eigenvalue weighted by Gasteiger charge is -2.18. The Balaban J connectivity index is 2.08. The predicted molar refractivity (Wildman–Crippen MR) is 87.9 cm³/mol. The molecule has 1 atom stereocenters. The van der Waals surface area contributed by atoms with Crippen molar-refractivity contribution in [1.29, 1.82) is 0 Å². The van der Waals surface area contributed by atoms with Gasteiger partial charge in [-0.05, 0) is 35.2 Å². The maximum absolute atomic E-state index is 11.9. The van der Waals surface area contributed by atoms with Crippen molar-refractivity contribution in [3.8, 4) is 0 Å². The molecule has 1 unspecified atom stereocenters. The topological polar surface area (TPSA) is 55.1 Å². The monoisotopic (exact) mass is 282 g/mol. The number of carbonyl (C=O) groups excluding carboxylic acids is 1. The number of carbonyl (C=O) groups is 1. The Kier molecular flexibility index (Phi) is 5.52. The van der Waals surface area contributed by atoms with Crippen molar-refractivity contribution in [2.75, 3.05) is 6.54 Å². The fourth-order valence-electron chi connectivity index (χ4n) is 2.38. The molecule has 2 rings (SSSR count). The summed E-state index contributed by atoms with van der Waals surface area (Å²) in [6.07, 6.45) is 4.02. The van der Waals surface area contributed by atoms with Crippen LogP contribution in [0.3, 0.4) is 0 Å². The highest BCUT2D eigenvalue weighted by Gasteiger charge is 2.13. The molecule has 2 aromatic carbocycles. The van der Waals surface area contributed by atoms with Gasteiger partial charge in [0.15, 0.2) is 0 Å². The fourth-order valence-corrected chi connectivity index (χ4v) is 2.38. The number of fused-ring (bicyclic) bond motifs is 1. The quantitative estimate of drug-likeness (QED) is 0.604. The van der Waals surface area contributed by atoms with Gasteiger partial charge in [-0.1, -0.05) is 42.5 Å². The van der Waals surface area contributed by atoms with Crippen molar-refractivity contribution in [2.45, 2.75) is 25.3 Å². The fraction of sp³-hybridized carbons (Fsp3) is 0.278. The van der Waals surface area contributed by atoms with Gasteiger partial charge in [-0.2, -0.15) is 0 Å². The molecule has 0 aliphatic heterocycles. The molecule has 0 fully saturated rings. The van der Waals surface area contributed by atoms with E-state index < -0.39 is 0 Å². The number of nitrogens with two attached hydrogens (primary N) is 1. The molecule has 21 heavy (non-hydrogen) atoms. The third-order valence-corrected chi connectivity index (χ3v) is 3.56. The lowest BCUT2D eigenvalue weighted by molar-refractivity contribution is -0.121. The minimum Gasteiger partial charge on any atom is -0.348 e. The summed E-state index contributed by atoms with van der Waals surface area (Å²) in [5, 5.41) is 5.36. The smallest absolute Gasteiger partial charge is 0.220 e. The van der Waals surface area contributed by atoms with Crippen LogP contribution in [0.2, 0.25) is 0 Å². The van der Waals surface area contributed by atoms with E-state index in [4.69, 9.17) is 5.73 Å². The lowest BCUT2D eigenvalue weighted by Crippen LogP contribution is -2.33. The molecule has 3 heteroatoms. The Hall–Kier alpha value is -2.13. The average Bonchev–Trinajstić information content (AvgIpc) is 2.52. The van der Waals surface area contributed by atoms with E-state index in [-0.39, 0.29) is 11.9 Å². The summed E-state index contributed by atoms with van der Waals surface area (Å²) in [6.45, 7) is 4.05. The van der Waals surface area contributed by atoms with E-state index in [1.165, 1.54) is 5.39 Å². The van der Waals surface area contributed by atoms with Crippen molar-refractivity contribution in [3.63, 3.8) is 0 Å². The maximum atomic E-state index is 11.9. The Morgan fingerprint density at radius 1 is 1.24 bits per heavy atom. The van der Waals surface area contributed by atoms with E-state index in [1.807, 2.05) is 24.3 Å². The van der Waals surface area contributed by atoms with Crippen LogP contribution in [-0.4, -0.2) is 12.5 Å². The lowest BCUT2D eigenvalue weighted by atomic mass is 10.0. The van der Waals surface area contributed by atoms with Gasteiger partial charge in [0, 0.05) is 13.0 Å². The minimum atomic E-state index is -0.133. The minimum absolute atomic E-state index is 0.0421. The molecule has 0 aliphatic carbocycles. The Morgan fingerprint density at radius 2 is 2.00 bits per heavy atom. The number of amides is 1. The molecule has 0 radical (unpaired) electrons.